The number of hydrogen-bond donors (Lipinski definition) is 0. The van der Waals surface area contributed by atoms with Gasteiger partial charge in [-0.05, 0) is 65.7 Å². The van der Waals surface area contributed by atoms with Crippen LogP contribution in [0.1, 0.15) is 12.5 Å². The zero-order chi connectivity index (χ0) is 19.4. The summed E-state index contributed by atoms with van der Waals surface area (Å²) < 4.78 is 37.6. The van der Waals surface area contributed by atoms with Crippen molar-refractivity contribution in [2.24, 2.45) is 0 Å². The van der Waals surface area contributed by atoms with Crippen molar-refractivity contribution < 1.29 is 17.9 Å². The Morgan fingerprint density at radius 3 is 2.19 bits per heavy atom. The van der Waals surface area contributed by atoms with Gasteiger partial charge in [0.1, 0.15) is 11.5 Å². The maximum Gasteiger partial charge on any atom is 0.243 e. The molecule has 0 saturated heterocycles. The van der Waals surface area contributed by atoms with Gasteiger partial charge in [0.15, 0.2) is 0 Å². The third-order valence-electron chi connectivity index (χ3n) is 4.36. The van der Waals surface area contributed by atoms with E-state index in [1.54, 1.807) is 38.4 Å². The summed E-state index contributed by atoms with van der Waals surface area (Å²) >= 11 is 0. The Morgan fingerprint density at radius 2 is 1.52 bits per heavy atom. The molecule has 0 saturated carbocycles. The Balaban J connectivity index is 1.80. The zero-order valence-corrected chi connectivity index (χ0v) is 16.5. The predicted molar refractivity (Wildman–Crippen MR) is 107 cm³/mol. The second-order valence-corrected chi connectivity index (χ2v) is 8.26. The summed E-state index contributed by atoms with van der Waals surface area (Å²) in [5.41, 5.74) is 0.921. The molecule has 0 heterocycles. The fourth-order valence-electron chi connectivity index (χ4n) is 2.90. The Kier molecular flexibility index (Phi) is 5.68. The van der Waals surface area contributed by atoms with E-state index in [-0.39, 0.29) is 11.4 Å². The van der Waals surface area contributed by atoms with E-state index in [4.69, 9.17) is 9.47 Å². The standard InChI is InChI=1S/C21H23NO4S/c1-4-26-19-9-11-21(12-10-19)27(23,24)22(2)15-16-5-6-18-14-20(25-3)8-7-17(18)13-16/h5-14H,4,15H2,1-3H3. The number of fused-ring (bicyclic) bond motifs is 1. The van der Waals surface area contributed by atoms with Gasteiger partial charge in [0.05, 0.1) is 18.6 Å². The summed E-state index contributed by atoms with van der Waals surface area (Å²) in [7, 11) is -0.353. The van der Waals surface area contributed by atoms with E-state index in [1.165, 1.54) is 4.31 Å². The summed E-state index contributed by atoms with van der Waals surface area (Å²) in [6.07, 6.45) is 0. The maximum atomic E-state index is 12.8. The number of ether oxygens (including phenoxy) is 2. The van der Waals surface area contributed by atoms with Gasteiger partial charge >= 0.3 is 0 Å². The fraction of sp³-hybridized carbons (Fsp3) is 0.238. The molecule has 0 N–H and O–H groups in total. The minimum atomic E-state index is -3.58. The Labute approximate surface area is 160 Å². The number of methoxy groups -OCH3 is 1. The second-order valence-electron chi connectivity index (χ2n) is 6.21. The fourth-order valence-corrected chi connectivity index (χ4v) is 4.05. The first kappa shape index (κ1) is 19.2. The molecule has 3 aromatic rings. The number of hydrogen-bond acceptors (Lipinski definition) is 4. The van der Waals surface area contributed by atoms with Crippen molar-refractivity contribution in [1.29, 1.82) is 0 Å². The van der Waals surface area contributed by atoms with Crippen LogP contribution in [0.15, 0.2) is 65.6 Å². The monoisotopic (exact) mass is 385 g/mol. The lowest BCUT2D eigenvalue weighted by Crippen LogP contribution is -2.26. The van der Waals surface area contributed by atoms with E-state index in [1.807, 2.05) is 43.3 Å². The molecule has 0 spiro atoms. The van der Waals surface area contributed by atoms with Crippen LogP contribution in [0.4, 0.5) is 0 Å². The van der Waals surface area contributed by atoms with Crippen molar-refractivity contribution in [2.45, 2.75) is 18.4 Å². The van der Waals surface area contributed by atoms with Gasteiger partial charge in [-0.15, -0.1) is 0 Å². The summed E-state index contributed by atoms with van der Waals surface area (Å²) in [5, 5.41) is 2.09. The van der Waals surface area contributed by atoms with Gasteiger partial charge in [0.2, 0.25) is 10.0 Å². The van der Waals surface area contributed by atoms with E-state index in [0.717, 1.165) is 22.1 Å². The zero-order valence-electron chi connectivity index (χ0n) is 15.7. The molecule has 27 heavy (non-hydrogen) atoms. The van der Waals surface area contributed by atoms with E-state index < -0.39 is 10.0 Å². The molecule has 6 heteroatoms. The van der Waals surface area contributed by atoms with E-state index in [2.05, 4.69) is 0 Å². The average Bonchev–Trinajstić information content (AvgIpc) is 2.68. The van der Waals surface area contributed by atoms with E-state index in [9.17, 15) is 8.42 Å². The normalized spacial score (nSPS) is 11.7. The topological polar surface area (TPSA) is 55.8 Å². The average molecular weight is 385 g/mol. The van der Waals surface area contributed by atoms with Crippen molar-refractivity contribution in [1.82, 2.24) is 4.31 Å². The van der Waals surface area contributed by atoms with Crippen molar-refractivity contribution >= 4 is 20.8 Å². The minimum Gasteiger partial charge on any atom is -0.497 e. The summed E-state index contributed by atoms with van der Waals surface area (Å²) in [6, 6.07) is 18.2. The van der Waals surface area contributed by atoms with Gasteiger partial charge in [0, 0.05) is 13.6 Å². The van der Waals surface area contributed by atoms with Gasteiger partial charge in [-0.1, -0.05) is 18.2 Å². The molecule has 142 valence electrons. The van der Waals surface area contributed by atoms with Crippen molar-refractivity contribution in [3.05, 3.63) is 66.2 Å². The van der Waals surface area contributed by atoms with Crippen LogP contribution < -0.4 is 9.47 Å². The van der Waals surface area contributed by atoms with Crippen molar-refractivity contribution in [2.75, 3.05) is 20.8 Å². The maximum absolute atomic E-state index is 12.8. The minimum absolute atomic E-state index is 0.249. The molecule has 3 aromatic carbocycles. The predicted octanol–water partition coefficient (Wildman–Crippen LogP) is 4.07. The molecule has 0 radical (unpaired) electrons. The van der Waals surface area contributed by atoms with Gasteiger partial charge < -0.3 is 9.47 Å². The van der Waals surface area contributed by atoms with Gasteiger partial charge in [-0.25, -0.2) is 8.42 Å². The second kappa shape index (κ2) is 7.98. The van der Waals surface area contributed by atoms with Crippen LogP contribution in [-0.2, 0) is 16.6 Å². The van der Waals surface area contributed by atoms with E-state index in [0.29, 0.717) is 12.4 Å². The van der Waals surface area contributed by atoms with Crippen LogP contribution in [0, 0.1) is 0 Å². The molecule has 0 aliphatic heterocycles. The highest BCUT2D eigenvalue weighted by Gasteiger charge is 2.21. The molecule has 0 unspecified atom stereocenters. The molecule has 0 aromatic heterocycles. The molecule has 0 aliphatic rings. The SMILES string of the molecule is CCOc1ccc(S(=O)(=O)N(C)Cc2ccc3cc(OC)ccc3c2)cc1. The van der Waals surface area contributed by atoms with Crippen LogP contribution in [0.3, 0.4) is 0 Å². The molecule has 0 atom stereocenters. The molecule has 3 rings (SSSR count). The Bertz CT molecular complexity index is 1030. The molecular weight excluding hydrogens is 362 g/mol. The van der Waals surface area contributed by atoms with Crippen molar-refractivity contribution in [3.8, 4) is 11.5 Å². The van der Waals surface area contributed by atoms with Crippen LogP contribution >= 0.6 is 0 Å². The smallest absolute Gasteiger partial charge is 0.243 e. The molecule has 0 fully saturated rings. The van der Waals surface area contributed by atoms with Crippen LogP contribution in [0.2, 0.25) is 0 Å². The van der Waals surface area contributed by atoms with Gasteiger partial charge in [0.25, 0.3) is 0 Å². The van der Waals surface area contributed by atoms with Crippen LogP contribution in [0.25, 0.3) is 10.8 Å². The Morgan fingerprint density at radius 1 is 0.889 bits per heavy atom. The largest absolute Gasteiger partial charge is 0.497 e. The number of sulfonamides is 1. The molecule has 0 bridgehead atoms. The van der Waals surface area contributed by atoms with Crippen LogP contribution in [0.5, 0.6) is 11.5 Å². The lowest BCUT2D eigenvalue weighted by molar-refractivity contribution is 0.340. The highest BCUT2D eigenvalue weighted by molar-refractivity contribution is 7.89. The summed E-state index contributed by atoms with van der Waals surface area (Å²) in [6.45, 7) is 2.72. The lowest BCUT2D eigenvalue weighted by atomic mass is 10.1. The summed E-state index contributed by atoms with van der Waals surface area (Å²) in [5.74, 6) is 1.45. The van der Waals surface area contributed by atoms with Gasteiger partial charge in [-0.2, -0.15) is 4.31 Å². The first-order valence-electron chi connectivity index (χ1n) is 8.70. The lowest BCUT2D eigenvalue weighted by Gasteiger charge is -2.18. The van der Waals surface area contributed by atoms with Crippen molar-refractivity contribution in [3.63, 3.8) is 0 Å². The highest BCUT2D eigenvalue weighted by atomic mass is 32.2. The third-order valence-corrected chi connectivity index (χ3v) is 6.18. The van der Waals surface area contributed by atoms with E-state index >= 15 is 0 Å². The Hall–Kier alpha value is -2.57. The molecular formula is C21H23NO4S. The molecule has 0 aliphatic carbocycles. The van der Waals surface area contributed by atoms with Crippen LogP contribution in [-0.4, -0.2) is 33.5 Å². The molecule has 5 nitrogen and oxygen atoms in total. The quantitative estimate of drug-likeness (QED) is 0.615. The third kappa shape index (κ3) is 4.23. The summed E-state index contributed by atoms with van der Waals surface area (Å²) in [4.78, 5) is 0.249. The number of nitrogens with zero attached hydrogens (tertiary/aromatic N) is 1. The first-order valence-corrected chi connectivity index (χ1v) is 10.1. The number of rotatable bonds is 7. The number of benzene rings is 3. The highest BCUT2D eigenvalue weighted by Crippen LogP contribution is 2.24. The first-order chi connectivity index (χ1) is 12.9. The van der Waals surface area contributed by atoms with Gasteiger partial charge in [-0.3, -0.25) is 0 Å². The molecule has 0 amide bonds.